The van der Waals surface area contributed by atoms with Crippen LogP contribution in [0.4, 0.5) is 0 Å². The Balaban J connectivity index is 0.841. The zero-order valence-electron chi connectivity index (χ0n) is 35.0. The molecule has 14 aromatic rings. The molecule has 0 amide bonds. The average molecular weight is 848 g/mol. The van der Waals surface area contributed by atoms with E-state index in [0.29, 0.717) is 0 Å². The number of thiophene rings is 1. The predicted octanol–water partition coefficient (Wildman–Crippen LogP) is 16.8. The molecule has 65 heavy (non-hydrogen) atoms. The van der Waals surface area contributed by atoms with Gasteiger partial charge in [0, 0.05) is 69.6 Å². The zero-order chi connectivity index (χ0) is 42.6. The second kappa shape index (κ2) is 14.1. The Morgan fingerprint density at radius 2 is 0.692 bits per heavy atom. The Bertz CT molecular complexity index is 4170. The summed E-state index contributed by atoms with van der Waals surface area (Å²) in [5, 5.41) is 9.80. The number of hydrogen-bond acceptors (Lipinski definition) is 2. The third kappa shape index (κ3) is 5.56. The Kier molecular flexibility index (Phi) is 7.82. The van der Waals surface area contributed by atoms with E-state index in [9.17, 15) is 0 Å². The predicted molar refractivity (Wildman–Crippen MR) is 274 cm³/mol. The standard InChI is InChI=1S/C60H37N3OS/c1-2-14-40(15-3-1)61-55-23-10-6-19-47(55)49-36-43(27-29-57(49)61)64-44-28-30-58-50(37-44)48-20-7-11-24-56(48)62(58)41-16-12-13-38(33-41)39-25-31-59-51(34-39)52-35-42(26-32-60(52)65-59)63-53-21-8-4-17-45(53)46-18-5-9-22-54(46)63/h1-37H. The summed E-state index contributed by atoms with van der Waals surface area (Å²) in [4.78, 5) is 0. The molecule has 0 radical (unpaired) electrons. The van der Waals surface area contributed by atoms with Crippen molar-refractivity contribution in [2.75, 3.05) is 0 Å². The highest BCUT2D eigenvalue weighted by Gasteiger charge is 2.18. The summed E-state index contributed by atoms with van der Waals surface area (Å²) in [5.41, 5.74) is 12.9. The quantitative estimate of drug-likeness (QED) is 0.164. The number of para-hydroxylation sites is 5. The summed E-state index contributed by atoms with van der Waals surface area (Å²) >= 11 is 1.86. The molecule has 0 fully saturated rings. The molecule has 0 aliphatic rings. The molecule has 0 atom stereocenters. The van der Waals surface area contributed by atoms with Gasteiger partial charge in [-0.15, -0.1) is 11.3 Å². The van der Waals surface area contributed by atoms with Crippen LogP contribution in [0, 0.1) is 0 Å². The maximum Gasteiger partial charge on any atom is 0.128 e. The minimum atomic E-state index is 0.804. The summed E-state index contributed by atoms with van der Waals surface area (Å²) in [6, 6.07) is 81.1. The smallest absolute Gasteiger partial charge is 0.128 e. The molecule has 14 rings (SSSR count). The van der Waals surface area contributed by atoms with Gasteiger partial charge >= 0.3 is 0 Å². The van der Waals surface area contributed by atoms with E-state index in [-0.39, 0.29) is 0 Å². The molecule has 0 bridgehead atoms. The van der Waals surface area contributed by atoms with Crippen LogP contribution in [-0.4, -0.2) is 13.7 Å². The van der Waals surface area contributed by atoms with E-state index in [2.05, 4.69) is 238 Å². The number of hydrogen-bond donors (Lipinski definition) is 0. The van der Waals surface area contributed by atoms with Crippen molar-refractivity contribution in [1.29, 1.82) is 0 Å². The molecular weight excluding hydrogens is 811 g/mol. The van der Waals surface area contributed by atoms with E-state index in [1.54, 1.807) is 0 Å². The van der Waals surface area contributed by atoms with Gasteiger partial charge in [0.1, 0.15) is 11.5 Å². The van der Waals surface area contributed by atoms with E-state index in [1.165, 1.54) is 75.1 Å². The summed E-state index contributed by atoms with van der Waals surface area (Å²) in [5.74, 6) is 1.61. The van der Waals surface area contributed by atoms with E-state index < -0.39 is 0 Å². The van der Waals surface area contributed by atoms with Gasteiger partial charge in [0.2, 0.25) is 0 Å². The average Bonchev–Trinajstić information content (AvgIpc) is 4.10. The van der Waals surface area contributed by atoms with Gasteiger partial charge in [0.25, 0.3) is 0 Å². The molecule has 0 N–H and O–H groups in total. The van der Waals surface area contributed by atoms with Crippen molar-refractivity contribution in [3.63, 3.8) is 0 Å². The summed E-state index contributed by atoms with van der Waals surface area (Å²) in [6.07, 6.45) is 0. The van der Waals surface area contributed by atoms with Crippen molar-refractivity contribution in [3.05, 3.63) is 224 Å². The first-order chi connectivity index (χ1) is 32.2. The maximum absolute atomic E-state index is 6.71. The second-order valence-corrected chi connectivity index (χ2v) is 18.0. The minimum Gasteiger partial charge on any atom is -0.457 e. The molecule has 0 aliphatic carbocycles. The summed E-state index contributed by atoms with van der Waals surface area (Å²) < 4.78 is 16.4. The SMILES string of the molecule is c1ccc(-n2c3ccccc3c3cc(Oc4ccc5c(c4)c4ccccc4n5-c4cccc(-c5ccc6sc7ccc(-n8c9ccccc9c9ccccc98)cc7c6c5)c4)ccc32)cc1. The number of benzene rings is 10. The van der Waals surface area contributed by atoms with E-state index >= 15 is 0 Å². The van der Waals surface area contributed by atoms with Crippen LogP contribution >= 0.6 is 11.3 Å². The number of fused-ring (bicyclic) bond motifs is 12. The molecule has 0 spiro atoms. The molecule has 4 nitrogen and oxygen atoms in total. The normalized spacial score (nSPS) is 12.0. The van der Waals surface area contributed by atoms with Gasteiger partial charge < -0.3 is 18.4 Å². The van der Waals surface area contributed by atoms with Gasteiger partial charge in [0.15, 0.2) is 0 Å². The van der Waals surface area contributed by atoms with Crippen LogP contribution in [0.5, 0.6) is 11.5 Å². The fourth-order valence-electron chi connectivity index (χ4n) is 10.4. The summed E-state index contributed by atoms with van der Waals surface area (Å²) in [6.45, 7) is 0. The van der Waals surface area contributed by atoms with E-state index in [0.717, 1.165) is 50.2 Å². The van der Waals surface area contributed by atoms with Gasteiger partial charge in [-0.1, -0.05) is 109 Å². The van der Waals surface area contributed by atoms with Crippen LogP contribution < -0.4 is 4.74 Å². The Morgan fingerprint density at radius 1 is 0.262 bits per heavy atom. The van der Waals surface area contributed by atoms with Crippen LogP contribution in [0.2, 0.25) is 0 Å². The Labute approximate surface area is 377 Å². The number of nitrogens with zero attached hydrogens (tertiary/aromatic N) is 3. The molecule has 0 saturated heterocycles. The third-order valence-corrected chi connectivity index (χ3v) is 14.4. The van der Waals surface area contributed by atoms with Crippen molar-refractivity contribution in [2.24, 2.45) is 0 Å². The highest BCUT2D eigenvalue weighted by Crippen LogP contribution is 2.42. The second-order valence-electron chi connectivity index (χ2n) is 16.9. The van der Waals surface area contributed by atoms with Crippen LogP contribution in [0.3, 0.4) is 0 Å². The van der Waals surface area contributed by atoms with Crippen molar-refractivity contribution in [2.45, 2.75) is 0 Å². The van der Waals surface area contributed by atoms with Crippen LogP contribution in [-0.2, 0) is 0 Å². The molecular formula is C60H37N3OS. The Hall–Kier alpha value is -8.38. The van der Waals surface area contributed by atoms with Gasteiger partial charge in [-0.3, -0.25) is 0 Å². The highest BCUT2D eigenvalue weighted by molar-refractivity contribution is 7.25. The topological polar surface area (TPSA) is 24.0 Å². The number of rotatable bonds is 6. The maximum atomic E-state index is 6.71. The van der Waals surface area contributed by atoms with Crippen molar-refractivity contribution >= 4 is 96.9 Å². The molecule has 0 aliphatic heterocycles. The lowest BCUT2D eigenvalue weighted by Gasteiger charge is -2.11. The minimum absolute atomic E-state index is 0.804. The van der Waals surface area contributed by atoms with E-state index in [1.807, 2.05) is 11.3 Å². The summed E-state index contributed by atoms with van der Waals surface area (Å²) in [7, 11) is 0. The monoisotopic (exact) mass is 847 g/mol. The molecule has 0 saturated carbocycles. The van der Waals surface area contributed by atoms with Crippen LogP contribution in [0.1, 0.15) is 0 Å². The van der Waals surface area contributed by atoms with Crippen molar-refractivity contribution in [3.8, 4) is 39.7 Å². The highest BCUT2D eigenvalue weighted by atomic mass is 32.1. The van der Waals surface area contributed by atoms with Gasteiger partial charge in [-0.25, -0.2) is 0 Å². The lowest BCUT2D eigenvalue weighted by Crippen LogP contribution is -1.94. The first kappa shape index (κ1) is 36.1. The van der Waals surface area contributed by atoms with Gasteiger partial charge in [-0.2, -0.15) is 0 Å². The fraction of sp³-hybridized carbons (Fsp3) is 0. The lowest BCUT2D eigenvalue weighted by molar-refractivity contribution is 0.484. The van der Waals surface area contributed by atoms with Gasteiger partial charge in [-0.05, 0) is 126 Å². The van der Waals surface area contributed by atoms with E-state index in [4.69, 9.17) is 4.74 Å². The zero-order valence-corrected chi connectivity index (χ0v) is 35.8. The fourth-order valence-corrected chi connectivity index (χ4v) is 11.5. The molecule has 5 heteroatoms. The number of aromatic nitrogens is 3. The van der Waals surface area contributed by atoms with Crippen molar-refractivity contribution < 1.29 is 4.74 Å². The molecule has 10 aromatic carbocycles. The largest absolute Gasteiger partial charge is 0.457 e. The van der Waals surface area contributed by atoms with Crippen molar-refractivity contribution in [1.82, 2.24) is 13.7 Å². The molecule has 0 unspecified atom stereocenters. The van der Waals surface area contributed by atoms with Gasteiger partial charge in [0.05, 0.1) is 33.1 Å². The molecule has 304 valence electrons. The molecule has 4 aromatic heterocycles. The first-order valence-corrected chi connectivity index (χ1v) is 22.9. The molecule has 4 heterocycles. The van der Waals surface area contributed by atoms with Crippen LogP contribution in [0.15, 0.2) is 224 Å². The first-order valence-electron chi connectivity index (χ1n) is 22.1. The lowest BCUT2D eigenvalue weighted by atomic mass is 10.0. The Morgan fingerprint density at radius 3 is 1.28 bits per heavy atom. The number of ether oxygens (including phenoxy) is 1. The van der Waals surface area contributed by atoms with Crippen LogP contribution in [0.25, 0.3) is 114 Å². The third-order valence-electron chi connectivity index (χ3n) is 13.3.